The lowest BCUT2D eigenvalue weighted by Gasteiger charge is -2.50. The van der Waals surface area contributed by atoms with Crippen molar-refractivity contribution in [2.24, 2.45) is 17.8 Å². The van der Waals surface area contributed by atoms with E-state index in [4.69, 9.17) is 42.6 Å². The second-order valence-corrected chi connectivity index (χ2v) is 19.8. The molecule has 18 heteroatoms. The summed E-state index contributed by atoms with van der Waals surface area (Å²) in [7, 11) is 5.26. The third-order valence-electron chi connectivity index (χ3n) is 14.4. The maximum atomic E-state index is 14.8. The van der Waals surface area contributed by atoms with Crippen LogP contribution in [0.1, 0.15) is 110 Å². The third-order valence-corrected chi connectivity index (χ3v) is 14.4. The second-order valence-electron chi connectivity index (χ2n) is 19.8. The monoisotopic (exact) mass is 944 g/mol. The Hall–Kier alpha value is -4.17. The highest BCUT2D eigenvalue weighted by Crippen LogP contribution is 2.42. The molecule has 0 radical (unpaired) electrons. The summed E-state index contributed by atoms with van der Waals surface area (Å²) in [5.41, 5.74) is -1.51. The predicted octanol–water partition coefficient (Wildman–Crippen LogP) is 4.63. The molecule has 0 aliphatic carbocycles. The van der Waals surface area contributed by atoms with Gasteiger partial charge in [0.2, 0.25) is 0 Å². The van der Waals surface area contributed by atoms with Crippen LogP contribution in [0.3, 0.4) is 0 Å². The normalized spacial score (nSPS) is 40.6. The number of benzene rings is 1. The van der Waals surface area contributed by atoms with Crippen LogP contribution in [0.5, 0.6) is 0 Å². The van der Waals surface area contributed by atoms with Crippen LogP contribution in [0.25, 0.3) is 6.08 Å². The van der Waals surface area contributed by atoms with Crippen LogP contribution in [-0.2, 0) is 57.0 Å². The second kappa shape index (κ2) is 21.6. The number of esters is 2. The van der Waals surface area contributed by atoms with Gasteiger partial charge in [0.1, 0.15) is 35.3 Å². The number of fused-ring (bicyclic) bond motifs is 6. The van der Waals surface area contributed by atoms with E-state index in [-0.39, 0.29) is 62.6 Å². The van der Waals surface area contributed by atoms with Gasteiger partial charge in [-0.25, -0.2) is 4.79 Å². The number of ether oxygens (including phenoxy) is 9. The lowest BCUT2D eigenvalue weighted by molar-refractivity contribution is -0.318. The molecule has 4 saturated heterocycles. The van der Waals surface area contributed by atoms with E-state index >= 15 is 0 Å². The Bertz CT molecular complexity index is 1970. The highest BCUT2D eigenvalue weighted by molar-refractivity contribution is 5.94. The number of aliphatic hydroxyl groups excluding tert-OH is 1. The number of nitrogens with zero attached hydrogens (tertiary/aromatic N) is 2. The van der Waals surface area contributed by atoms with Gasteiger partial charge >= 0.3 is 18.0 Å². The van der Waals surface area contributed by atoms with Crippen LogP contribution in [0, 0.1) is 17.8 Å². The smallest absolute Gasteiger partial charge is 0.410 e. The Balaban J connectivity index is 1.53. The molecule has 0 spiro atoms. The molecule has 1 aromatic carbocycles. The van der Waals surface area contributed by atoms with E-state index in [0.717, 1.165) is 0 Å². The van der Waals surface area contributed by atoms with Gasteiger partial charge in [0, 0.05) is 63.4 Å². The van der Waals surface area contributed by atoms with Gasteiger partial charge in [-0.05, 0) is 91.7 Å². The maximum Gasteiger partial charge on any atom is 0.410 e. The first kappa shape index (κ1) is 52.2. The molecule has 6 rings (SSSR count). The molecule has 0 saturated carbocycles. The fraction of sp³-hybridized carbons (Fsp3) is 0.735. The number of hydrogen-bond donors (Lipinski definition) is 2. The molecule has 374 valence electrons. The molecule has 4 bridgehead atoms. The van der Waals surface area contributed by atoms with Crippen LogP contribution in [0.15, 0.2) is 30.5 Å². The Morgan fingerprint density at radius 3 is 2.40 bits per heavy atom. The molecule has 18 nitrogen and oxygen atoms in total. The van der Waals surface area contributed by atoms with Gasteiger partial charge in [-0.3, -0.25) is 24.1 Å². The molecule has 0 aromatic heterocycles. The number of Topliss-reactive ketones (excluding diaryl/α,β-unsaturated/α-hetero) is 1. The predicted molar refractivity (Wildman–Crippen MR) is 242 cm³/mol. The summed E-state index contributed by atoms with van der Waals surface area (Å²) in [6.07, 6.45) is -6.15. The average Bonchev–Trinajstić information content (AvgIpc) is 3.57. The number of methoxy groups -OCH3 is 1. The highest BCUT2D eigenvalue weighted by Gasteiger charge is 2.55. The van der Waals surface area contributed by atoms with Gasteiger partial charge in [-0.1, -0.05) is 32.9 Å². The molecular weight excluding hydrogens is 871 g/mol. The number of aliphatic hydroxyl groups is 1. The van der Waals surface area contributed by atoms with E-state index in [1.807, 2.05) is 45.8 Å². The molecule has 5 aliphatic rings. The first-order valence-corrected chi connectivity index (χ1v) is 23.7. The van der Waals surface area contributed by atoms with Gasteiger partial charge in [0.25, 0.3) is 5.91 Å². The lowest BCUT2D eigenvalue weighted by Crippen LogP contribution is -2.61. The Morgan fingerprint density at radius 2 is 1.73 bits per heavy atom. The fourth-order valence-corrected chi connectivity index (χ4v) is 10.6. The van der Waals surface area contributed by atoms with Crippen LogP contribution in [0.2, 0.25) is 0 Å². The summed E-state index contributed by atoms with van der Waals surface area (Å²) in [5, 5.41) is 14.8. The Kier molecular flexibility index (Phi) is 16.9. The molecule has 2 amide bonds. The van der Waals surface area contributed by atoms with E-state index in [0.29, 0.717) is 17.5 Å². The van der Waals surface area contributed by atoms with Crippen molar-refractivity contribution in [1.82, 2.24) is 15.1 Å². The van der Waals surface area contributed by atoms with Gasteiger partial charge < -0.3 is 58.0 Å². The fourth-order valence-electron chi connectivity index (χ4n) is 10.6. The molecule has 5 aliphatic heterocycles. The van der Waals surface area contributed by atoms with E-state index < -0.39 is 108 Å². The molecule has 67 heavy (non-hydrogen) atoms. The summed E-state index contributed by atoms with van der Waals surface area (Å²) in [6.45, 7) is 15.8. The van der Waals surface area contributed by atoms with Crippen molar-refractivity contribution in [2.75, 3.05) is 34.3 Å². The van der Waals surface area contributed by atoms with Crippen LogP contribution in [-0.4, -0.2) is 164 Å². The molecule has 0 unspecified atom stereocenters. The third kappa shape index (κ3) is 11.7. The van der Waals surface area contributed by atoms with Gasteiger partial charge in [0.05, 0.1) is 36.5 Å². The maximum absolute atomic E-state index is 14.8. The SMILES string of the molecule is CC[C@H]1OC(=O)[C@H](C)[C@@H](O[C@H]2C[C@@](C)(OC)[C@@H](OC(C)=O)[C@H](C)O2)[C@H](C)[C@@H](O[C@@H]2O[C@H](C)C[C@H](N(C)C)[C@H]2O)[C@]2(C)C[C@@H](C)C(=O)C[C@@H]3[C@@H]1OC(=O)N3CCNC(=O)c1cccc(c1)/C=C/O2. The van der Waals surface area contributed by atoms with Crippen LogP contribution < -0.4 is 5.32 Å². The van der Waals surface area contributed by atoms with Gasteiger partial charge in [-0.2, -0.15) is 0 Å². The number of carbonyl (C=O) groups is 5. The van der Waals surface area contributed by atoms with Crippen molar-refractivity contribution in [3.63, 3.8) is 0 Å². The lowest BCUT2D eigenvalue weighted by atomic mass is 9.76. The number of carbonyl (C=O) groups excluding carboxylic acids is 5. The molecule has 2 N–H and O–H groups in total. The molecule has 4 fully saturated rings. The number of likely N-dealkylation sites (N-methyl/N-ethyl adjacent to an activating group) is 1. The zero-order valence-electron chi connectivity index (χ0n) is 41.1. The van der Waals surface area contributed by atoms with Gasteiger partial charge in [-0.15, -0.1) is 0 Å². The minimum Gasteiger partial charge on any atom is -0.492 e. The number of hydrogen-bond acceptors (Lipinski definition) is 16. The quantitative estimate of drug-likeness (QED) is 0.269. The van der Waals surface area contributed by atoms with Crippen molar-refractivity contribution in [1.29, 1.82) is 0 Å². The highest BCUT2D eigenvalue weighted by atomic mass is 16.7. The summed E-state index contributed by atoms with van der Waals surface area (Å²) < 4.78 is 57.8. The van der Waals surface area contributed by atoms with E-state index in [9.17, 15) is 29.1 Å². The average molecular weight is 944 g/mol. The minimum atomic E-state index is -1.45. The molecular formula is C49H73N3O15. The summed E-state index contributed by atoms with van der Waals surface area (Å²) in [6, 6.07) is 5.74. The minimum absolute atomic E-state index is 0.0204. The number of cyclic esters (lactones) is 1. The molecule has 17 atom stereocenters. The van der Waals surface area contributed by atoms with Crippen molar-refractivity contribution >= 4 is 35.8 Å². The van der Waals surface area contributed by atoms with E-state index in [1.165, 1.54) is 25.2 Å². The van der Waals surface area contributed by atoms with Crippen molar-refractivity contribution in [3.05, 3.63) is 41.7 Å². The Labute approximate surface area is 394 Å². The van der Waals surface area contributed by atoms with Crippen molar-refractivity contribution in [3.8, 4) is 0 Å². The largest absolute Gasteiger partial charge is 0.492 e. The summed E-state index contributed by atoms with van der Waals surface area (Å²) in [5.74, 6) is -4.38. The molecule has 5 heterocycles. The summed E-state index contributed by atoms with van der Waals surface area (Å²) in [4.78, 5) is 72.3. The van der Waals surface area contributed by atoms with Gasteiger partial charge in [0.15, 0.2) is 24.8 Å². The topological polar surface area (TPSA) is 207 Å². The number of rotatable bonds is 8. The van der Waals surface area contributed by atoms with Crippen LogP contribution in [0.4, 0.5) is 4.79 Å². The van der Waals surface area contributed by atoms with E-state index in [2.05, 4.69) is 5.32 Å². The number of ketones is 1. The van der Waals surface area contributed by atoms with Crippen molar-refractivity contribution in [2.45, 2.75) is 179 Å². The first-order valence-electron chi connectivity index (χ1n) is 23.7. The zero-order valence-corrected chi connectivity index (χ0v) is 41.1. The standard InChI is InChI=1S/C49H73N3O15/c1-13-37-41-35-23-36(54)26(2)24-49(9,60-20-17-32-15-14-16-33(22-32)44(56)50-18-19-52(35)47(58)66-41)42(67-46-39(55)34(51(10)11)21-27(3)61-46)28(4)40(29(5)45(57)64-37)65-38-25-48(8,59-12)43(30(6)62-38)63-31(7)53/h14-17,20,22,26-30,34-35,37-43,46,55H,13,18-19,21,23-25H2,1-12H3,(H,50,56)/b20-17+/t26-,27-,28+,29-,30+,34+,35-,37-,38+,39-,40+,41+,42-,43+,46+,48-,49+/m1/s1. The Morgan fingerprint density at radius 1 is 1.00 bits per heavy atom. The van der Waals surface area contributed by atoms with E-state index in [1.54, 1.807) is 58.9 Å². The van der Waals surface area contributed by atoms with Crippen molar-refractivity contribution < 1.29 is 71.7 Å². The van der Waals surface area contributed by atoms with Crippen LogP contribution >= 0.6 is 0 Å². The molecule has 1 aromatic rings. The number of nitrogens with one attached hydrogen (secondary N) is 1. The zero-order chi connectivity index (χ0) is 49.1. The number of amides is 2. The first-order chi connectivity index (χ1) is 31.6. The summed E-state index contributed by atoms with van der Waals surface area (Å²) >= 11 is 0.